The molecule has 7 heteroatoms. The molecule has 1 aliphatic heterocycles. The van der Waals surface area contributed by atoms with Crippen LogP contribution in [0.15, 0.2) is 42.5 Å². The average molecular weight is 378 g/mol. The number of carbonyl (C=O) groups is 1. The Labute approximate surface area is 163 Å². The maximum Gasteiger partial charge on any atom is 0.273 e. The van der Waals surface area contributed by atoms with Gasteiger partial charge in [0.1, 0.15) is 12.7 Å². The quantitative estimate of drug-likeness (QED) is 0.755. The van der Waals surface area contributed by atoms with Gasteiger partial charge in [0.25, 0.3) is 5.91 Å². The van der Waals surface area contributed by atoms with Gasteiger partial charge in [-0.2, -0.15) is 9.90 Å². The number of rotatable bonds is 4. The van der Waals surface area contributed by atoms with Crippen molar-refractivity contribution in [3.63, 3.8) is 0 Å². The molecule has 1 aromatic heterocycles. The molecule has 0 aliphatic carbocycles. The minimum atomic E-state index is -0.282. The van der Waals surface area contributed by atoms with Gasteiger partial charge < -0.3 is 14.8 Å². The molecule has 0 unspecified atom stereocenters. The van der Waals surface area contributed by atoms with Crippen molar-refractivity contribution in [3.05, 3.63) is 65.0 Å². The van der Waals surface area contributed by atoms with E-state index in [1.54, 1.807) is 6.92 Å². The van der Waals surface area contributed by atoms with Crippen LogP contribution < -0.4 is 14.8 Å². The zero-order chi connectivity index (χ0) is 19.7. The first kappa shape index (κ1) is 18.0. The second-order valence-electron chi connectivity index (χ2n) is 6.92. The van der Waals surface area contributed by atoms with Crippen LogP contribution in [0.3, 0.4) is 0 Å². The van der Waals surface area contributed by atoms with Gasteiger partial charge in [-0.1, -0.05) is 29.8 Å². The zero-order valence-electron chi connectivity index (χ0n) is 16.1. The van der Waals surface area contributed by atoms with E-state index in [9.17, 15) is 4.79 Å². The van der Waals surface area contributed by atoms with Gasteiger partial charge in [-0.3, -0.25) is 4.79 Å². The summed E-state index contributed by atoms with van der Waals surface area (Å²) in [4.78, 5) is 14.1. The van der Waals surface area contributed by atoms with Crippen molar-refractivity contribution in [2.24, 2.45) is 0 Å². The number of aromatic nitrogens is 3. The Morgan fingerprint density at radius 3 is 2.71 bits per heavy atom. The van der Waals surface area contributed by atoms with Crippen LogP contribution in [0.1, 0.15) is 27.3 Å². The molecule has 2 aromatic carbocycles. The molecular weight excluding hydrogens is 356 g/mol. The summed E-state index contributed by atoms with van der Waals surface area (Å²) in [6.45, 7) is 6.51. The number of para-hydroxylation sites is 2. The molecular formula is C21H22N4O3. The Hall–Kier alpha value is -3.35. The van der Waals surface area contributed by atoms with Crippen molar-refractivity contribution in [2.75, 3.05) is 13.2 Å². The number of benzene rings is 2. The number of carbonyl (C=O) groups excluding carboxylic acids is 1. The van der Waals surface area contributed by atoms with E-state index in [-0.39, 0.29) is 12.0 Å². The third-order valence-electron chi connectivity index (χ3n) is 4.62. The van der Waals surface area contributed by atoms with Gasteiger partial charge in [0.05, 0.1) is 17.9 Å². The molecule has 28 heavy (non-hydrogen) atoms. The average Bonchev–Trinajstić information content (AvgIpc) is 3.07. The summed E-state index contributed by atoms with van der Waals surface area (Å²) in [5.74, 6) is 1.12. The zero-order valence-corrected chi connectivity index (χ0v) is 16.1. The van der Waals surface area contributed by atoms with Crippen molar-refractivity contribution in [2.45, 2.75) is 26.9 Å². The number of nitrogens with one attached hydrogen (secondary N) is 1. The SMILES string of the molecule is Cc1ccc(-n2nc(C)c(C(=O)NC[C@H]3COc4ccccc4O3)n2)c(C)c1. The standard InChI is InChI=1S/C21H22N4O3/c1-13-8-9-17(14(2)10-13)25-23-15(3)20(24-25)21(26)22-11-16-12-27-18-6-4-5-7-19(18)28-16/h4-10,16H,11-12H2,1-3H3,(H,22,26)/t16-/m0/s1. The van der Waals surface area contributed by atoms with E-state index >= 15 is 0 Å². The van der Waals surface area contributed by atoms with E-state index < -0.39 is 0 Å². The molecule has 0 fully saturated rings. The van der Waals surface area contributed by atoms with Gasteiger partial charge in [-0.25, -0.2) is 0 Å². The van der Waals surface area contributed by atoms with Crippen molar-refractivity contribution < 1.29 is 14.3 Å². The number of ether oxygens (including phenoxy) is 2. The van der Waals surface area contributed by atoms with Crippen LogP contribution in [0.25, 0.3) is 5.69 Å². The first-order chi connectivity index (χ1) is 13.5. The van der Waals surface area contributed by atoms with Crippen LogP contribution in [0.5, 0.6) is 11.5 Å². The minimum absolute atomic E-state index is 0.256. The van der Waals surface area contributed by atoms with Crippen LogP contribution in [-0.2, 0) is 0 Å². The van der Waals surface area contributed by atoms with Crippen molar-refractivity contribution in [1.82, 2.24) is 20.3 Å². The van der Waals surface area contributed by atoms with Crippen molar-refractivity contribution >= 4 is 5.91 Å². The second kappa shape index (κ2) is 7.34. The van der Waals surface area contributed by atoms with Gasteiger partial charge in [0.15, 0.2) is 17.2 Å². The lowest BCUT2D eigenvalue weighted by atomic mass is 10.1. The monoisotopic (exact) mass is 378 g/mol. The van der Waals surface area contributed by atoms with Crippen LogP contribution in [0.4, 0.5) is 0 Å². The Bertz CT molecular complexity index is 1030. The summed E-state index contributed by atoms with van der Waals surface area (Å²) in [6.07, 6.45) is -0.256. The number of nitrogens with zero attached hydrogens (tertiary/aromatic N) is 3. The molecule has 1 aliphatic rings. The van der Waals surface area contributed by atoms with Gasteiger partial charge in [-0.05, 0) is 44.5 Å². The Balaban J connectivity index is 1.44. The molecule has 1 amide bonds. The molecule has 7 nitrogen and oxygen atoms in total. The lowest BCUT2D eigenvalue weighted by Gasteiger charge is -2.26. The molecule has 1 atom stereocenters. The fourth-order valence-electron chi connectivity index (χ4n) is 3.18. The highest BCUT2D eigenvalue weighted by molar-refractivity contribution is 5.93. The number of hydrogen-bond acceptors (Lipinski definition) is 5. The molecule has 0 bridgehead atoms. The number of aryl methyl sites for hydroxylation is 3. The highest BCUT2D eigenvalue weighted by Gasteiger charge is 2.23. The molecule has 4 rings (SSSR count). The summed E-state index contributed by atoms with van der Waals surface area (Å²) in [6, 6.07) is 13.5. The Morgan fingerprint density at radius 1 is 1.14 bits per heavy atom. The number of hydrogen-bond donors (Lipinski definition) is 1. The third-order valence-corrected chi connectivity index (χ3v) is 4.62. The fourth-order valence-corrected chi connectivity index (χ4v) is 3.18. The maximum atomic E-state index is 12.6. The summed E-state index contributed by atoms with van der Waals surface area (Å²) in [7, 11) is 0. The molecule has 0 spiro atoms. The smallest absolute Gasteiger partial charge is 0.273 e. The number of amides is 1. The van der Waals surface area contributed by atoms with Crippen molar-refractivity contribution in [1.29, 1.82) is 0 Å². The molecule has 2 heterocycles. The van der Waals surface area contributed by atoms with Crippen LogP contribution >= 0.6 is 0 Å². The largest absolute Gasteiger partial charge is 0.486 e. The van der Waals surface area contributed by atoms with Crippen LogP contribution in [0.2, 0.25) is 0 Å². The summed E-state index contributed by atoms with van der Waals surface area (Å²) < 4.78 is 11.5. The van der Waals surface area contributed by atoms with E-state index in [0.717, 1.165) is 17.0 Å². The Kier molecular flexibility index (Phi) is 4.73. The third kappa shape index (κ3) is 3.55. The highest BCUT2D eigenvalue weighted by atomic mass is 16.6. The van der Waals surface area contributed by atoms with Crippen LogP contribution in [0, 0.1) is 20.8 Å². The molecule has 3 aromatic rings. The lowest BCUT2D eigenvalue weighted by Crippen LogP contribution is -2.41. The first-order valence-corrected chi connectivity index (χ1v) is 9.19. The van der Waals surface area contributed by atoms with E-state index in [2.05, 4.69) is 21.6 Å². The first-order valence-electron chi connectivity index (χ1n) is 9.19. The minimum Gasteiger partial charge on any atom is -0.486 e. The van der Waals surface area contributed by atoms with Gasteiger partial charge in [0, 0.05) is 0 Å². The van der Waals surface area contributed by atoms with E-state index in [1.165, 1.54) is 10.4 Å². The van der Waals surface area contributed by atoms with Gasteiger partial charge in [-0.15, -0.1) is 5.10 Å². The van der Waals surface area contributed by atoms with E-state index in [0.29, 0.717) is 30.3 Å². The van der Waals surface area contributed by atoms with Gasteiger partial charge in [0.2, 0.25) is 0 Å². The normalized spacial score (nSPS) is 15.3. The molecule has 1 N–H and O–H groups in total. The van der Waals surface area contributed by atoms with Crippen LogP contribution in [-0.4, -0.2) is 40.2 Å². The summed E-state index contributed by atoms with van der Waals surface area (Å²) >= 11 is 0. The van der Waals surface area contributed by atoms with E-state index in [1.807, 2.05) is 50.2 Å². The molecule has 144 valence electrons. The lowest BCUT2D eigenvalue weighted by molar-refractivity contribution is 0.0786. The molecule has 0 saturated heterocycles. The van der Waals surface area contributed by atoms with Gasteiger partial charge >= 0.3 is 0 Å². The highest BCUT2D eigenvalue weighted by Crippen LogP contribution is 2.30. The summed E-state index contributed by atoms with van der Waals surface area (Å²) in [5.41, 5.74) is 3.95. The Morgan fingerprint density at radius 2 is 1.93 bits per heavy atom. The second-order valence-corrected chi connectivity index (χ2v) is 6.92. The maximum absolute atomic E-state index is 12.6. The molecule has 0 saturated carbocycles. The topological polar surface area (TPSA) is 78.3 Å². The predicted octanol–water partition coefficient (Wildman–Crippen LogP) is 2.76. The predicted molar refractivity (Wildman–Crippen MR) is 104 cm³/mol. The fraction of sp³-hybridized carbons (Fsp3) is 0.286. The summed E-state index contributed by atoms with van der Waals surface area (Å²) in [5, 5.41) is 11.7. The number of fused-ring (bicyclic) bond motifs is 1. The van der Waals surface area contributed by atoms with Crippen molar-refractivity contribution in [3.8, 4) is 17.2 Å². The van der Waals surface area contributed by atoms with E-state index in [4.69, 9.17) is 9.47 Å². The molecule has 0 radical (unpaired) electrons.